The second-order valence-corrected chi connectivity index (χ2v) is 4.02. The molecule has 0 saturated heterocycles. The van der Waals surface area contributed by atoms with Crippen LogP contribution in [0.25, 0.3) is 10.8 Å². The van der Waals surface area contributed by atoms with E-state index in [1.54, 1.807) is 0 Å². The zero-order valence-electron chi connectivity index (χ0n) is 9.35. The summed E-state index contributed by atoms with van der Waals surface area (Å²) in [4.78, 5) is 0. The molecule has 16 heavy (non-hydrogen) atoms. The van der Waals surface area contributed by atoms with Crippen LogP contribution in [-0.2, 0) is 6.42 Å². The number of benzene rings is 2. The summed E-state index contributed by atoms with van der Waals surface area (Å²) in [6, 6.07) is 14.8. The number of hydrogen-bond donors (Lipinski definition) is 1. The molecule has 0 fully saturated rings. The van der Waals surface area contributed by atoms with Crippen molar-refractivity contribution in [2.45, 2.75) is 19.8 Å². The van der Waals surface area contributed by atoms with Gasteiger partial charge in [-0.1, -0.05) is 47.6 Å². The van der Waals surface area contributed by atoms with E-state index in [1.165, 1.54) is 16.3 Å². The average Bonchev–Trinajstić information content (AvgIpc) is 2.35. The van der Waals surface area contributed by atoms with Gasteiger partial charge in [0, 0.05) is 0 Å². The number of hydrogen-bond acceptors (Lipinski definition) is 2. The van der Waals surface area contributed by atoms with Gasteiger partial charge < -0.3 is 5.21 Å². The molecule has 0 heterocycles. The highest BCUT2D eigenvalue weighted by molar-refractivity contribution is 5.84. The Balaban J connectivity index is 2.20. The summed E-state index contributed by atoms with van der Waals surface area (Å²) in [5.41, 5.74) is 2.05. The summed E-state index contributed by atoms with van der Waals surface area (Å²) in [6.07, 6.45) is 1.72. The highest BCUT2D eigenvalue weighted by atomic mass is 16.4. The van der Waals surface area contributed by atoms with Crippen LogP contribution < -0.4 is 0 Å². The molecule has 0 aliphatic rings. The zero-order chi connectivity index (χ0) is 11.4. The fraction of sp³-hybridized carbons (Fsp3) is 0.214. The molecular formula is C14H15NO. The molecule has 0 aromatic heterocycles. The maximum absolute atomic E-state index is 8.57. The maximum Gasteiger partial charge on any atom is 0.0543 e. The third-order valence-electron chi connectivity index (χ3n) is 2.76. The molecule has 0 atom stereocenters. The lowest BCUT2D eigenvalue weighted by atomic mass is 10.0. The number of oxime groups is 1. The lowest BCUT2D eigenvalue weighted by Gasteiger charge is -2.03. The van der Waals surface area contributed by atoms with Gasteiger partial charge in [0.05, 0.1) is 5.71 Å². The van der Waals surface area contributed by atoms with Crippen LogP contribution >= 0.6 is 0 Å². The number of fused-ring (bicyclic) bond motifs is 1. The summed E-state index contributed by atoms with van der Waals surface area (Å²) in [6.45, 7) is 1.83. The van der Waals surface area contributed by atoms with Crippen LogP contribution in [0.2, 0.25) is 0 Å². The third-order valence-corrected chi connectivity index (χ3v) is 2.76. The smallest absolute Gasteiger partial charge is 0.0543 e. The van der Waals surface area contributed by atoms with Crippen molar-refractivity contribution in [1.82, 2.24) is 0 Å². The van der Waals surface area contributed by atoms with E-state index in [1.807, 2.05) is 19.1 Å². The lowest BCUT2D eigenvalue weighted by molar-refractivity contribution is 0.317. The van der Waals surface area contributed by atoms with Gasteiger partial charge in [0.25, 0.3) is 0 Å². The van der Waals surface area contributed by atoms with E-state index in [4.69, 9.17) is 5.21 Å². The molecule has 0 spiro atoms. The molecule has 0 radical (unpaired) electrons. The van der Waals surface area contributed by atoms with Crippen LogP contribution in [-0.4, -0.2) is 10.9 Å². The van der Waals surface area contributed by atoms with Gasteiger partial charge in [-0.2, -0.15) is 0 Å². The van der Waals surface area contributed by atoms with E-state index in [-0.39, 0.29) is 0 Å². The van der Waals surface area contributed by atoms with E-state index in [0.717, 1.165) is 18.6 Å². The molecule has 2 nitrogen and oxygen atoms in total. The molecule has 2 rings (SSSR count). The predicted molar refractivity (Wildman–Crippen MR) is 67.2 cm³/mol. The van der Waals surface area contributed by atoms with E-state index in [2.05, 4.69) is 35.5 Å². The Kier molecular flexibility index (Phi) is 3.20. The van der Waals surface area contributed by atoms with E-state index in [0.29, 0.717) is 0 Å². The first-order valence-corrected chi connectivity index (χ1v) is 5.45. The number of rotatable bonds is 3. The van der Waals surface area contributed by atoms with Gasteiger partial charge >= 0.3 is 0 Å². The molecular weight excluding hydrogens is 198 g/mol. The van der Waals surface area contributed by atoms with E-state index >= 15 is 0 Å². The Hall–Kier alpha value is -1.83. The van der Waals surface area contributed by atoms with Crippen molar-refractivity contribution >= 4 is 16.5 Å². The van der Waals surface area contributed by atoms with Crippen molar-refractivity contribution in [1.29, 1.82) is 0 Å². The number of aryl methyl sites for hydroxylation is 1. The minimum Gasteiger partial charge on any atom is -0.411 e. The van der Waals surface area contributed by atoms with Gasteiger partial charge in [-0.15, -0.1) is 0 Å². The summed E-state index contributed by atoms with van der Waals surface area (Å²) in [5, 5.41) is 14.3. The normalized spacial score (nSPS) is 11.9. The monoisotopic (exact) mass is 213 g/mol. The minimum atomic E-state index is 0.771. The van der Waals surface area contributed by atoms with Crippen LogP contribution in [0.3, 0.4) is 0 Å². The summed E-state index contributed by atoms with van der Waals surface area (Å²) in [7, 11) is 0. The Morgan fingerprint density at radius 1 is 1.12 bits per heavy atom. The molecule has 2 heteroatoms. The molecule has 82 valence electrons. The van der Waals surface area contributed by atoms with Gasteiger partial charge in [-0.3, -0.25) is 0 Å². The van der Waals surface area contributed by atoms with Crippen molar-refractivity contribution in [2.75, 3.05) is 0 Å². The third kappa shape index (κ3) is 2.40. The Morgan fingerprint density at radius 3 is 2.62 bits per heavy atom. The molecule has 0 saturated carbocycles. The predicted octanol–water partition coefficient (Wildman–Crippen LogP) is 3.62. The summed E-state index contributed by atoms with van der Waals surface area (Å²) < 4.78 is 0. The summed E-state index contributed by atoms with van der Waals surface area (Å²) >= 11 is 0. The topological polar surface area (TPSA) is 32.6 Å². The fourth-order valence-corrected chi connectivity index (χ4v) is 1.77. The Morgan fingerprint density at radius 2 is 1.88 bits per heavy atom. The van der Waals surface area contributed by atoms with E-state index < -0.39 is 0 Å². The van der Waals surface area contributed by atoms with Crippen molar-refractivity contribution in [2.24, 2.45) is 5.16 Å². The van der Waals surface area contributed by atoms with E-state index in [9.17, 15) is 0 Å². The largest absolute Gasteiger partial charge is 0.411 e. The van der Waals surface area contributed by atoms with Crippen molar-refractivity contribution in [3.8, 4) is 0 Å². The molecule has 0 aliphatic carbocycles. The molecule has 0 aliphatic heterocycles. The van der Waals surface area contributed by atoms with Gasteiger partial charge in [0.1, 0.15) is 0 Å². The summed E-state index contributed by atoms with van der Waals surface area (Å²) in [5.74, 6) is 0. The zero-order valence-corrected chi connectivity index (χ0v) is 9.35. The van der Waals surface area contributed by atoms with Crippen LogP contribution in [0.15, 0.2) is 47.6 Å². The Labute approximate surface area is 95.2 Å². The van der Waals surface area contributed by atoms with Crippen molar-refractivity contribution in [3.05, 3.63) is 48.0 Å². The first kappa shape index (κ1) is 10.7. The second-order valence-electron chi connectivity index (χ2n) is 4.02. The van der Waals surface area contributed by atoms with Crippen molar-refractivity contribution in [3.63, 3.8) is 0 Å². The van der Waals surface area contributed by atoms with Crippen LogP contribution in [0.1, 0.15) is 18.9 Å². The highest BCUT2D eigenvalue weighted by Crippen LogP contribution is 2.16. The second kappa shape index (κ2) is 4.79. The van der Waals surface area contributed by atoms with Gasteiger partial charge in [-0.05, 0) is 36.1 Å². The van der Waals surface area contributed by atoms with Crippen LogP contribution in [0, 0.1) is 0 Å². The van der Waals surface area contributed by atoms with Gasteiger partial charge in [-0.25, -0.2) is 0 Å². The SMILES string of the molecule is CC(CCc1ccc2ccccc2c1)=NO. The lowest BCUT2D eigenvalue weighted by Crippen LogP contribution is -1.94. The first-order valence-electron chi connectivity index (χ1n) is 5.45. The minimum absolute atomic E-state index is 0.771. The van der Waals surface area contributed by atoms with Crippen LogP contribution in [0.5, 0.6) is 0 Å². The van der Waals surface area contributed by atoms with Crippen LogP contribution in [0.4, 0.5) is 0 Å². The Bertz CT molecular complexity index is 517. The van der Waals surface area contributed by atoms with Gasteiger partial charge in [0.2, 0.25) is 0 Å². The molecule has 2 aromatic carbocycles. The first-order chi connectivity index (χ1) is 7.79. The maximum atomic E-state index is 8.57. The highest BCUT2D eigenvalue weighted by Gasteiger charge is 1.98. The van der Waals surface area contributed by atoms with Crippen molar-refractivity contribution < 1.29 is 5.21 Å². The molecule has 0 bridgehead atoms. The molecule has 0 unspecified atom stereocenters. The standard InChI is InChI=1S/C14H15NO/c1-11(15-16)6-7-12-8-9-13-4-2-3-5-14(13)10-12/h2-5,8-10,16H,6-7H2,1H3. The molecule has 1 N–H and O–H groups in total. The molecule has 2 aromatic rings. The van der Waals surface area contributed by atoms with Gasteiger partial charge in [0.15, 0.2) is 0 Å². The quantitative estimate of drug-likeness (QED) is 0.471. The number of nitrogens with zero attached hydrogens (tertiary/aromatic N) is 1. The fourth-order valence-electron chi connectivity index (χ4n) is 1.77. The average molecular weight is 213 g/mol. The molecule has 0 amide bonds.